The average Bonchev–Trinajstić information content (AvgIpc) is 2.92. The number of hydrogen-bond donors (Lipinski definition) is 0. The molecule has 5 nitrogen and oxygen atoms in total. The van der Waals surface area contributed by atoms with E-state index in [9.17, 15) is 4.79 Å². The molecule has 1 aliphatic rings. The molecule has 158 valence electrons. The molecule has 0 radical (unpaired) electrons. The lowest BCUT2D eigenvalue weighted by molar-refractivity contribution is -0.120. The van der Waals surface area contributed by atoms with E-state index in [1.54, 1.807) is 11.8 Å². The van der Waals surface area contributed by atoms with E-state index < -0.39 is 4.75 Å². The summed E-state index contributed by atoms with van der Waals surface area (Å²) >= 11 is 7.82. The highest BCUT2D eigenvalue weighted by Crippen LogP contribution is 2.51. The SMILES string of the molecule is CCN(CC)CCN1C(=O)C(C)(C)SC(c2ccc(Cl)cc2)c2c(C)nn(C)c21. The van der Waals surface area contributed by atoms with Crippen LogP contribution in [-0.2, 0) is 11.8 Å². The zero-order chi connectivity index (χ0) is 21.3. The van der Waals surface area contributed by atoms with Crippen molar-refractivity contribution >= 4 is 35.1 Å². The topological polar surface area (TPSA) is 41.4 Å². The van der Waals surface area contributed by atoms with Gasteiger partial charge >= 0.3 is 0 Å². The Morgan fingerprint density at radius 2 is 1.83 bits per heavy atom. The summed E-state index contributed by atoms with van der Waals surface area (Å²) in [4.78, 5) is 17.9. The van der Waals surface area contributed by atoms with Gasteiger partial charge in [0.05, 0.1) is 15.7 Å². The quantitative estimate of drug-likeness (QED) is 0.662. The maximum atomic E-state index is 13.6. The molecule has 2 aromatic rings. The number of hydrogen-bond acceptors (Lipinski definition) is 4. The first-order valence-corrected chi connectivity index (χ1v) is 11.5. The van der Waals surface area contributed by atoms with Gasteiger partial charge < -0.3 is 4.90 Å². The van der Waals surface area contributed by atoms with Crippen LogP contribution in [0.5, 0.6) is 0 Å². The number of carbonyl (C=O) groups is 1. The summed E-state index contributed by atoms with van der Waals surface area (Å²) in [5.74, 6) is 1.05. The molecule has 2 heterocycles. The molecule has 1 amide bonds. The molecule has 0 N–H and O–H groups in total. The molecule has 0 saturated heterocycles. The number of thioether (sulfide) groups is 1. The first-order valence-electron chi connectivity index (χ1n) is 10.2. The molecule has 0 bridgehead atoms. The van der Waals surface area contributed by atoms with Crippen LogP contribution in [-0.4, -0.2) is 51.5 Å². The van der Waals surface area contributed by atoms with Crippen LogP contribution in [0.25, 0.3) is 0 Å². The van der Waals surface area contributed by atoms with Crippen LogP contribution >= 0.6 is 23.4 Å². The zero-order valence-electron chi connectivity index (χ0n) is 18.2. The highest BCUT2D eigenvalue weighted by Gasteiger charge is 2.44. The summed E-state index contributed by atoms with van der Waals surface area (Å²) in [6.07, 6.45) is 0. The maximum Gasteiger partial charge on any atom is 0.243 e. The summed E-state index contributed by atoms with van der Waals surface area (Å²) in [7, 11) is 1.94. The molecular weight excluding hydrogens is 404 g/mol. The molecule has 3 rings (SSSR count). The summed E-state index contributed by atoms with van der Waals surface area (Å²) in [6.45, 7) is 13.9. The Hall–Kier alpha value is -1.50. The summed E-state index contributed by atoms with van der Waals surface area (Å²) in [5.41, 5.74) is 3.23. The molecule has 1 aliphatic heterocycles. The predicted molar refractivity (Wildman–Crippen MR) is 123 cm³/mol. The van der Waals surface area contributed by atoms with E-state index >= 15 is 0 Å². The molecule has 1 atom stereocenters. The van der Waals surface area contributed by atoms with Gasteiger partial charge in [-0.1, -0.05) is 37.6 Å². The van der Waals surface area contributed by atoms with Crippen LogP contribution in [0.15, 0.2) is 24.3 Å². The number of anilines is 1. The smallest absolute Gasteiger partial charge is 0.243 e. The standard InChI is InChI=1S/C22H31ClN4OS/c1-7-26(8-2)13-14-27-20-18(15(3)24-25(20)6)19(29-22(4,5)21(27)28)16-9-11-17(23)12-10-16/h9-12,19H,7-8,13-14H2,1-6H3. The fourth-order valence-electron chi connectivity index (χ4n) is 3.98. The first kappa shape index (κ1) is 22.2. The van der Waals surface area contributed by atoms with Gasteiger partial charge in [-0.05, 0) is 51.6 Å². The number of carbonyl (C=O) groups excluding carboxylic acids is 1. The van der Waals surface area contributed by atoms with Gasteiger partial charge in [-0.25, -0.2) is 0 Å². The lowest BCUT2D eigenvalue weighted by Crippen LogP contribution is -2.46. The van der Waals surface area contributed by atoms with Crippen molar-refractivity contribution in [2.75, 3.05) is 31.1 Å². The minimum Gasteiger partial charge on any atom is -0.302 e. The van der Waals surface area contributed by atoms with Crippen LogP contribution in [0.2, 0.25) is 5.02 Å². The molecule has 1 unspecified atom stereocenters. The molecule has 0 spiro atoms. The third-order valence-corrected chi connectivity index (χ3v) is 7.39. The van der Waals surface area contributed by atoms with Crippen molar-refractivity contribution in [1.29, 1.82) is 0 Å². The van der Waals surface area contributed by atoms with Crippen molar-refractivity contribution in [1.82, 2.24) is 14.7 Å². The van der Waals surface area contributed by atoms with E-state index in [0.717, 1.165) is 42.3 Å². The average molecular weight is 435 g/mol. The Bertz CT molecular complexity index is 874. The van der Waals surface area contributed by atoms with Gasteiger partial charge in [0.2, 0.25) is 5.91 Å². The van der Waals surface area contributed by atoms with Crippen molar-refractivity contribution < 1.29 is 4.79 Å². The summed E-state index contributed by atoms with van der Waals surface area (Å²) in [5, 5.41) is 5.43. The number of rotatable bonds is 6. The third-order valence-electron chi connectivity index (χ3n) is 5.63. The molecule has 0 saturated carbocycles. The molecule has 1 aromatic carbocycles. The van der Waals surface area contributed by atoms with Crippen molar-refractivity contribution in [3.8, 4) is 0 Å². The van der Waals surface area contributed by atoms with Gasteiger partial charge in [0.25, 0.3) is 0 Å². The van der Waals surface area contributed by atoms with Crippen molar-refractivity contribution in [2.24, 2.45) is 7.05 Å². The zero-order valence-corrected chi connectivity index (χ0v) is 19.8. The van der Waals surface area contributed by atoms with E-state index in [-0.39, 0.29) is 11.2 Å². The van der Waals surface area contributed by atoms with E-state index in [0.29, 0.717) is 11.6 Å². The normalized spacial score (nSPS) is 18.8. The fraction of sp³-hybridized carbons (Fsp3) is 0.545. The van der Waals surface area contributed by atoms with Crippen LogP contribution in [0, 0.1) is 6.92 Å². The molecule has 0 aliphatic carbocycles. The molecule has 7 heteroatoms. The molecule has 1 aromatic heterocycles. The van der Waals surface area contributed by atoms with Crippen LogP contribution in [0.4, 0.5) is 5.82 Å². The second-order valence-corrected chi connectivity index (χ2v) is 10.2. The van der Waals surface area contributed by atoms with Gasteiger partial charge in [0.1, 0.15) is 5.82 Å². The Kier molecular flexibility index (Phi) is 6.66. The lowest BCUT2D eigenvalue weighted by Gasteiger charge is -2.31. The van der Waals surface area contributed by atoms with Crippen molar-refractivity contribution in [3.05, 3.63) is 46.1 Å². The minimum absolute atomic E-state index is 0.0216. The lowest BCUT2D eigenvalue weighted by atomic mass is 10.0. The largest absolute Gasteiger partial charge is 0.302 e. The van der Waals surface area contributed by atoms with E-state index in [4.69, 9.17) is 16.7 Å². The Balaban J connectivity index is 2.11. The number of likely N-dealkylation sites (N-methyl/N-ethyl adjacent to an activating group) is 1. The van der Waals surface area contributed by atoms with E-state index in [1.165, 1.54) is 0 Å². The summed E-state index contributed by atoms with van der Waals surface area (Å²) in [6, 6.07) is 7.95. The predicted octanol–water partition coefficient (Wildman–Crippen LogP) is 4.67. The third kappa shape index (κ3) is 4.35. The molecular formula is C22H31ClN4OS. The number of nitrogens with zero attached hydrogens (tertiary/aromatic N) is 4. The first-order chi connectivity index (χ1) is 13.7. The number of amides is 1. The number of aryl methyl sites for hydroxylation is 2. The van der Waals surface area contributed by atoms with Gasteiger partial charge in [-0.2, -0.15) is 5.10 Å². The Morgan fingerprint density at radius 3 is 2.41 bits per heavy atom. The highest BCUT2D eigenvalue weighted by atomic mass is 35.5. The van der Waals surface area contributed by atoms with Gasteiger partial charge in [-0.3, -0.25) is 14.4 Å². The van der Waals surface area contributed by atoms with Crippen molar-refractivity contribution in [2.45, 2.75) is 44.6 Å². The van der Waals surface area contributed by atoms with Gasteiger partial charge in [0.15, 0.2) is 0 Å². The Labute approximate surface area is 183 Å². The summed E-state index contributed by atoms with van der Waals surface area (Å²) < 4.78 is 1.31. The minimum atomic E-state index is -0.557. The second-order valence-electron chi connectivity index (χ2n) is 7.99. The van der Waals surface area contributed by atoms with Crippen LogP contribution in [0.3, 0.4) is 0 Å². The molecule has 0 fully saturated rings. The number of benzene rings is 1. The van der Waals surface area contributed by atoms with Crippen LogP contribution in [0.1, 0.15) is 49.8 Å². The fourth-order valence-corrected chi connectivity index (χ4v) is 5.59. The van der Waals surface area contributed by atoms with Gasteiger partial charge in [0, 0.05) is 30.7 Å². The van der Waals surface area contributed by atoms with E-state index in [2.05, 4.69) is 30.9 Å². The number of fused-ring (bicyclic) bond motifs is 1. The highest BCUT2D eigenvalue weighted by molar-refractivity contribution is 8.01. The number of halogens is 1. The second kappa shape index (κ2) is 8.70. The van der Waals surface area contributed by atoms with Crippen molar-refractivity contribution in [3.63, 3.8) is 0 Å². The van der Waals surface area contributed by atoms with Crippen LogP contribution < -0.4 is 4.90 Å². The number of aromatic nitrogens is 2. The maximum absolute atomic E-state index is 13.6. The monoisotopic (exact) mass is 434 g/mol. The Morgan fingerprint density at radius 1 is 1.21 bits per heavy atom. The van der Waals surface area contributed by atoms with E-state index in [1.807, 2.05) is 49.5 Å². The molecule has 29 heavy (non-hydrogen) atoms. The van der Waals surface area contributed by atoms with Gasteiger partial charge in [-0.15, -0.1) is 11.8 Å².